The predicted octanol–water partition coefficient (Wildman–Crippen LogP) is 4.05. The summed E-state index contributed by atoms with van der Waals surface area (Å²) in [6.45, 7) is 4.47. The van der Waals surface area contributed by atoms with Gasteiger partial charge in [-0.25, -0.2) is 0 Å². The summed E-state index contributed by atoms with van der Waals surface area (Å²) in [6.07, 6.45) is 2.37. The zero-order valence-corrected chi connectivity index (χ0v) is 10.6. The van der Waals surface area contributed by atoms with Gasteiger partial charge >= 0.3 is 0 Å². The van der Waals surface area contributed by atoms with Gasteiger partial charge in [0.25, 0.3) is 0 Å². The van der Waals surface area contributed by atoms with Crippen LogP contribution in [0, 0.1) is 0 Å². The number of benzene rings is 1. The van der Waals surface area contributed by atoms with Crippen LogP contribution in [0.1, 0.15) is 32.3 Å². The van der Waals surface area contributed by atoms with Gasteiger partial charge in [0.15, 0.2) is 0 Å². The van der Waals surface area contributed by atoms with Crippen LogP contribution < -0.4 is 4.90 Å². The minimum absolute atomic E-state index is 0.592. The molecule has 0 unspecified atom stereocenters. The highest BCUT2D eigenvalue weighted by molar-refractivity contribution is 6.17. The quantitative estimate of drug-likeness (QED) is 0.684. The number of alkyl halides is 1. The number of hydrogen-bond acceptors (Lipinski definition) is 1. The first-order valence-corrected chi connectivity index (χ1v) is 6.14. The molecule has 0 atom stereocenters. The summed E-state index contributed by atoms with van der Waals surface area (Å²) < 4.78 is 0. The lowest BCUT2D eigenvalue weighted by Crippen LogP contribution is -2.30. The van der Waals surface area contributed by atoms with Crippen molar-refractivity contribution >= 4 is 17.3 Å². The van der Waals surface area contributed by atoms with Crippen molar-refractivity contribution in [2.75, 3.05) is 11.9 Å². The second-order valence-electron chi connectivity index (χ2n) is 3.88. The van der Waals surface area contributed by atoms with E-state index in [4.69, 9.17) is 11.6 Å². The molecule has 0 bridgehead atoms. The molecule has 0 N–H and O–H groups in total. The van der Waals surface area contributed by atoms with Crippen molar-refractivity contribution in [2.24, 2.45) is 0 Å². The van der Waals surface area contributed by atoms with E-state index in [9.17, 15) is 0 Å². The monoisotopic (exact) mass is 225 g/mol. The van der Waals surface area contributed by atoms with E-state index in [0.717, 1.165) is 0 Å². The highest BCUT2D eigenvalue weighted by atomic mass is 35.5. The Morgan fingerprint density at radius 1 is 1.13 bits per heavy atom. The van der Waals surface area contributed by atoms with E-state index in [1.165, 1.54) is 24.1 Å². The van der Waals surface area contributed by atoms with Gasteiger partial charge in [-0.2, -0.15) is 0 Å². The van der Waals surface area contributed by atoms with Crippen LogP contribution in [-0.4, -0.2) is 13.1 Å². The van der Waals surface area contributed by atoms with E-state index >= 15 is 0 Å². The molecule has 1 rings (SSSR count). The molecular formula is C13H20ClN. The van der Waals surface area contributed by atoms with Gasteiger partial charge in [-0.15, -0.1) is 11.6 Å². The number of anilines is 1. The van der Waals surface area contributed by atoms with Gasteiger partial charge in [0.05, 0.1) is 0 Å². The summed E-state index contributed by atoms with van der Waals surface area (Å²) in [5.41, 5.74) is 2.45. The van der Waals surface area contributed by atoms with Crippen molar-refractivity contribution in [2.45, 2.75) is 38.6 Å². The first kappa shape index (κ1) is 12.4. The maximum Gasteiger partial charge on any atom is 0.0474 e. The minimum atomic E-state index is 0.592. The van der Waals surface area contributed by atoms with Crippen LogP contribution in [0.25, 0.3) is 0 Å². The van der Waals surface area contributed by atoms with Gasteiger partial charge in [0, 0.05) is 24.7 Å². The molecule has 0 saturated heterocycles. The van der Waals surface area contributed by atoms with Gasteiger partial charge < -0.3 is 4.90 Å². The maximum absolute atomic E-state index is 5.76. The lowest BCUT2D eigenvalue weighted by molar-refractivity contribution is 0.591. The lowest BCUT2D eigenvalue weighted by Gasteiger charge is -2.28. The van der Waals surface area contributed by atoms with Gasteiger partial charge in [-0.05, 0) is 30.5 Å². The van der Waals surface area contributed by atoms with E-state index in [1.807, 2.05) is 0 Å². The summed E-state index contributed by atoms with van der Waals surface area (Å²) in [7, 11) is 2.16. The Balaban J connectivity index is 2.76. The molecule has 0 fully saturated rings. The fourth-order valence-corrected chi connectivity index (χ4v) is 2.05. The Morgan fingerprint density at radius 3 is 2.07 bits per heavy atom. The molecule has 0 aliphatic heterocycles. The minimum Gasteiger partial charge on any atom is -0.372 e. The molecule has 0 amide bonds. The van der Waals surface area contributed by atoms with Gasteiger partial charge in [-0.1, -0.05) is 26.0 Å². The summed E-state index contributed by atoms with van der Waals surface area (Å²) in [6, 6.07) is 9.13. The SMILES string of the molecule is CCC(CC)N(C)c1ccc(CCl)cc1. The van der Waals surface area contributed by atoms with Gasteiger partial charge in [-0.3, -0.25) is 0 Å². The van der Waals surface area contributed by atoms with E-state index in [2.05, 4.69) is 50.1 Å². The molecule has 1 aromatic carbocycles. The van der Waals surface area contributed by atoms with Gasteiger partial charge in [0.1, 0.15) is 0 Å². The predicted molar refractivity (Wildman–Crippen MR) is 68.8 cm³/mol. The first-order valence-electron chi connectivity index (χ1n) is 5.60. The van der Waals surface area contributed by atoms with Crippen molar-refractivity contribution in [1.29, 1.82) is 0 Å². The van der Waals surface area contributed by atoms with E-state index in [1.54, 1.807) is 0 Å². The van der Waals surface area contributed by atoms with Crippen LogP contribution in [0.15, 0.2) is 24.3 Å². The smallest absolute Gasteiger partial charge is 0.0474 e. The number of hydrogen-bond donors (Lipinski definition) is 0. The maximum atomic E-state index is 5.76. The third-order valence-electron chi connectivity index (χ3n) is 2.99. The van der Waals surface area contributed by atoms with Crippen molar-refractivity contribution in [3.63, 3.8) is 0 Å². The Labute approximate surface area is 98.0 Å². The van der Waals surface area contributed by atoms with Gasteiger partial charge in [0.2, 0.25) is 0 Å². The summed E-state index contributed by atoms with van der Waals surface area (Å²) in [5, 5.41) is 0. The van der Waals surface area contributed by atoms with Crippen LogP contribution in [0.5, 0.6) is 0 Å². The van der Waals surface area contributed by atoms with E-state index in [-0.39, 0.29) is 0 Å². The second kappa shape index (κ2) is 6.02. The Hall–Kier alpha value is -0.690. The lowest BCUT2D eigenvalue weighted by atomic mass is 10.1. The molecule has 0 saturated carbocycles. The highest BCUT2D eigenvalue weighted by Crippen LogP contribution is 2.19. The van der Waals surface area contributed by atoms with Crippen LogP contribution >= 0.6 is 11.6 Å². The molecule has 0 spiro atoms. The molecule has 0 aliphatic carbocycles. The largest absolute Gasteiger partial charge is 0.372 e. The van der Waals surface area contributed by atoms with Crippen LogP contribution in [0.2, 0.25) is 0 Å². The van der Waals surface area contributed by atoms with Crippen LogP contribution in [0.4, 0.5) is 5.69 Å². The molecule has 15 heavy (non-hydrogen) atoms. The van der Waals surface area contributed by atoms with Crippen molar-refractivity contribution in [1.82, 2.24) is 0 Å². The summed E-state index contributed by atoms with van der Waals surface area (Å²) in [5.74, 6) is 0.592. The first-order chi connectivity index (χ1) is 7.22. The number of halogens is 1. The Morgan fingerprint density at radius 2 is 1.67 bits per heavy atom. The third kappa shape index (κ3) is 3.13. The molecule has 0 heterocycles. The Kier molecular flexibility index (Phi) is 4.97. The molecule has 1 nitrogen and oxygen atoms in total. The zero-order valence-electron chi connectivity index (χ0n) is 9.83. The van der Waals surface area contributed by atoms with E-state index in [0.29, 0.717) is 11.9 Å². The molecule has 0 aliphatic rings. The van der Waals surface area contributed by atoms with Crippen molar-refractivity contribution < 1.29 is 0 Å². The Bertz CT molecular complexity index is 277. The highest BCUT2D eigenvalue weighted by Gasteiger charge is 2.10. The zero-order chi connectivity index (χ0) is 11.3. The second-order valence-corrected chi connectivity index (χ2v) is 4.15. The standard InChI is InChI=1S/C13H20ClN/c1-4-12(5-2)15(3)13-8-6-11(10-14)7-9-13/h6-9,12H,4-5,10H2,1-3H3. The summed E-state index contributed by atoms with van der Waals surface area (Å²) >= 11 is 5.76. The molecule has 0 aromatic heterocycles. The van der Waals surface area contributed by atoms with Crippen molar-refractivity contribution in [3.8, 4) is 0 Å². The average Bonchev–Trinajstić information content (AvgIpc) is 2.30. The normalized spacial score (nSPS) is 10.7. The molecule has 2 heteroatoms. The van der Waals surface area contributed by atoms with Crippen molar-refractivity contribution in [3.05, 3.63) is 29.8 Å². The molecule has 0 radical (unpaired) electrons. The van der Waals surface area contributed by atoms with E-state index < -0.39 is 0 Å². The molecule has 84 valence electrons. The topological polar surface area (TPSA) is 3.24 Å². The van der Waals surface area contributed by atoms with Crippen LogP contribution in [-0.2, 0) is 5.88 Å². The summed E-state index contributed by atoms with van der Waals surface area (Å²) in [4.78, 5) is 2.35. The number of rotatable bonds is 5. The molecule has 1 aromatic rings. The number of nitrogens with zero attached hydrogens (tertiary/aromatic N) is 1. The molecular weight excluding hydrogens is 206 g/mol. The van der Waals surface area contributed by atoms with Crippen LogP contribution in [0.3, 0.4) is 0 Å². The fourth-order valence-electron chi connectivity index (χ4n) is 1.87. The third-order valence-corrected chi connectivity index (χ3v) is 3.30. The fraction of sp³-hybridized carbons (Fsp3) is 0.538. The average molecular weight is 226 g/mol.